The third kappa shape index (κ3) is 6.58. The van der Waals surface area contributed by atoms with Crippen molar-refractivity contribution in [3.8, 4) is 0 Å². The first-order chi connectivity index (χ1) is 7.47. The smallest absolute Gasteiger partial charge is 0.249 e. The van der Waals surface area contributed by atoms with Crippen LogP contribution in [0.2, 0.25) is 0 Å². The number of allylic oxidation sites excluding steroid dienone is 1. The quantitative estimate of drug-likeness (QED) is 0.494. The van der Waals surface area contributed by atoms with Crippen LogP contribution in [0.25, 0.3) is 0 Å². The van der Waals surface area contributed by atoms with Crippen LogP contribution in [0.4, 0.5) is 0 Å². The molecule has 0 aromatic rings. The second kappa shape index (κ2) is 7.44. The van der Waals surface area contributed by atoms with E-state index in [1.807, 2.05) is 0 Å². The van der Waals surface area contributed by atoms with E-state index >= 15 is 0 Å². The molecule has 3 amide bonds. The molecular weight excluding hydrogens is 210 g/mol. The highest BCUT2D eigenvalue weighted by molar-refractivity contribution is 5.88. The molecule has 0 atom stereocenters. The number of carbonyl (C=O) groups excluding carboxylic acids is 3. The number of nitrogens with one attached hydrogen (secondary N) is 2. The molecule has 2 N–H and O–H groups in total. The minimum absolute atomic E-state index is 0.0682. The van der Waals surface area contributed by atoms with Gasteiger partial charge in [-0.3, -0.25) is 14.4 Å². The van der Waals surface area contributed by atoms with Crippen LogP contribution in [-0.2, 0) is 14.4 Å². The summed E-state index contributed by atoms with van der Waals surface area (Å²) in [6.07, 6.45) is 2.96. The Hall–Kier alpha value is -1.85. The normalized spacial score (nSPS) is 9.94. The molecule has 0 heterocycles. The Morgan fingerprint density at radius 2 is 1.50 bits per heavy atom. The Morgan fingerprint density at radius 1 is 1.06 bits per heavy atom. The van der Waals surface area contributed by atoms with E-state index in [1.54, 1.807) is 13.0 Å². The number of rotatable bonds is 5. The lowest BCUT2D eigenvalue weighted by molar-refractivity contribution is -0.128. The van der Waals surface area contributed by atoms with Crippen LogP contribution < -0.4 is 10.6 Å². The van der Waals surface area contributed by atoms with Crippen LogP contribution in [0.15, 0.2) is 12.2 Å². The molecule has 0 aliphatic carbocycles. The van der Waals surface area contributed by atoms with Gasteiger partial charge in [0.05, 0.1) is 13.3 Å². The minimum atomic E-state index is -0.273. The van der Waals surface area contributed by atoms with Crippen LogP contribution in [0.3, 0.4) is 0 Å². The first-order valence-corrected chi connectivity index (χ1v) is 4.87. The van der Waals surface area contributed by atoms with Gasteiger partial charge in [0.15, 0.2) is 0 Å². The van der Waals surface area contributed by atoms with Crippen molar-refractivity contribution >= 4 is 17.7 Å². The molecule has 0 spiro atoms. The third-order valence-electron chi connectivity index (χ3n) is 1.66. The van der Waals surface area contributed by atoms with E-state index < -0.39 is 0 Å². The van der Waals surface area contributed by atoms with Gasteiger partial charge in [0, 0.05) is 13.8 Å². The summed E-state index contributed by atoms with van der Waals surface area (Å²) in [7, 11) is 0. The molecule has 6 heteroatoms. The van der Waals surface area contributed by atoms with Crippen LogP contribution in [-0.4, -0.2) is 36.0 Å². The Labute approximate surface area is 94.7 Å². The lowest BCUT2D eigenvalue weighted by atomic mass is 10.4. The second-order valence-corrected chi connectivity index (χ2v) is 3.16. The number of carbonyl (C=O) groups is 3. The van der Waals surface area contributed by atoms with E-state index in [4.69, 9.17) is 0 Å². The van der Waals surface area contributed by atoms with Crippen molar-refractivity contribution in [1.82, 2.24) is 15.5 Å². The molecule has 0 aromatic carbocycles. The molecule has 90 valence electrons. The summed E-state index contributed by atoms with van der Waals surface area (Å²) in [5, 5.41) is 4.98. The fourth-order valence-electron chi connectivity index (χ4n) is 0.873. The molecule has 0 aliphatic rings. The van der Waals surface area contributed by atoms with Crippen molar-refractivity contribution in [3.05, 3.63) is 12.2 Å². The maximum Gasteiger partial charge on any atom is 0.249 e. The molecule has 6 nitrogen and oxygen atoms in total. The predicted molar refractivity (Wildman–Crippen MR) is 59.0 cm³/mol. The van der Waals surface area contributed by atoms with Crippen LogP contribution in [0.5, 0.6) is 0 Å². The van der Waals surface area contributed by atoms with Crippen molar-refractivity contribution in [2.75, 3.05) is 13.3 Å². The summed E-state index contributed by atoms with van der Waals surface area (Å²) >= 11 is 0. The first kappa shape index (κ1) is 14.2. The van der Waals surface area contributed by atoms with Gasteiger partial charge < -0.3 is 15.5 Å². The van der Waals surface area contributed by atoms with Gasteiger partial charge in [-0.2, -0.15) is 0 Å². The summed E-state index contributed by atoms with van der Waals surface area (Å²) in [6, 6.07) is 0. The van der Waals surface area contributed by atoms with Gasteiger partial charge in [-0.05, 0) is 13.0 Å². The number of hydrogen-bond acceptors (Lipinski definition) is 3. The van der Waals surface area contributed by atoms with E-state index in [0.717, 1.165) is 0 Å². The highest BCUT2D eigenvalue weighted by Crippen LogP contribution is 1.88. The van der Waals surface area contributed by atoms with Crippen LogP contribution in [0, 0.1) is 0 Å². The van der Waals surface area contributed by atoms with Gasteiger partial charge in [0.2, 0.25) is 17.7 Å². The fourth-order valence-corrected chi connectivity index (χ4v) is 0.873. The van der Waals surface area contributed by atoms with Crippen molar-refractivity contribution < 1.29 is 14.4 Å². The lowest BCUT2D eigenvalue weighted by Gasteiger charge is -2.21. The van der Waals surface area contributed by atoms with Crippen LogP contribution in [0.1, 0.15) is 20.8 Å². The minimum Gasteiger partial charge on any atom is -0.339 e. The summed E-state index contributed by atoms with van der Waals surface area (Å²) in [6.45, 7) is 4.57. The summed E-state index contributed by atoms with van der Waals surface area (Å²) in [5.41, 5.74) is 0. The number of nitrogens with zero attached hydrogens (tertiary/aromatic N) is 1. The molecule has 0 bridgehead atoms. The number of amides is 3. The third-order valence-corrected chi connectivity index (χ3v) is 1.66. The standard InChI is InChI=1S/C10H17N3O3/c1-4-5-10(16)13(6-11-8(2)14)7-12-9(3)15/h4-5H,6-7H2,1-3H3,(H,11,14)(H,12,15). The molecule has 0 saturated heterocycles. The van der Waals surface area contributed by atoms with Gasteiger partial charge >= 0.3 is 0 Å². The van der Waals surface area contributed by atoms with Gasteiger partial charge in [-0.25, -0.2) is 0 Å². The molecule has 0 unspecified atom stereocenters. The van der Waals surface area contributed by atoms with Crippen molar-refractivity contribution in [1.29, 1.82) is 0 Å². The first-order valence-electron chi connectivity index (χ1n) is 4.87. The zero-order valence-electron chi connectivity index (χ0n) is 9.74. The van der Waals surface area contributed by atoms with E-state index in [2.05, 4.69) is 10.6 Å². The van der Waals surface area contributed by atoms with Crippen LogP contribution >= 0.6 is 0 Å². The summed E-state index contributed by atoms with van der Waals surface area (Å²) < 4.78 is 0. The van der Waals surface area contributed by atoms with E-state index in [-0.39, 0.29) is 31.1 Å². The summed E-state index contributed by atoms with van der Waals surface area (Å²) in [4.78, 5) is 34.2. The molecule has 0 aromatic heterocycles. The highest BCUT2D eigenvalue weighted by atomic mass is 16.2. The van der Waals surface area contributed by atoms with Gasteiger partial charge in [-0.1, -0.05) is 6.08 Å². The zero-order chi connectivity index (χ0) is 12.6. The second-order valence-electron chi connectivity index (χ2n) is 3.16. The van der Waals surface area contributed by atoms with E-state index in [9.17, 15) is 14.4 Å². The molecule has 0 saturated carbocycles. The van der Waals surface area contributed by atoms with Crippen molar-refractivity contribution in [2.45, 2.75) is 20.8 Å². The lowest BCUT2D eigenvalue weighted by Crippen LogP contribution is -2.45. The molecule has 0 rings (SSSR count). The topological polar surface area (TPSA) is 78.5 Å². The van der Waals surface area contributed by atoms with Crippen molar-refractivity contribution in [2.24, 2.45) is 0 Å². The molecular formula is C10H17N3O3. The van der Waals surface area contributed by atoms with Crippen molar-refractivity contribution in [3.63, 3.8) is 0 Å². The average Bonchev–Trinajstić information content (AvgIpc) is 2.17. The Balaban J connectivity index is 4.31. The Bertz CT molecular complexity index is 282. The zero-order valence-corrected chi connectivity index (χ0v) is 9.74. The maximum atomic E-state index is 11.5. The number of hydrogen-bond donors (Lipinski definition) is 2. The molecule has 0 fully saturated rings. The Kier molecular flexibility index (Phi) is 6.58. The van der Waals surface area contributed by atoms with Gasteiger partial charge in [0.1, 0.15) is 0 Å². The van der Waals surface area contributed by atoms with E-state index in [1.165, 1.54) is 24.8 Å². The Morgan fingerprint density at radius 3 is 1.81 bits per heavy atom. The molecule has 0 radical (unpaired) electrons. The van der Waals surface area contributed by atoms with E-state index in [0.29, 0.717) is 0 Å². The average molecular weight is 227 g/mol. The van der Waals surface area contributed by atoms with Gasteiger partial charge in [-0.15, -0.1) is 0 Å². The SMILES string of the molecule is CC=CC(=O)N(CNC(C)=O)CNC(C)=O. The monoisotopic (exact) mass is 227 g/mol. The maximum absolute atomic E-state index is 11.5. The summed E-state index contributed by atoms with van der Waals surface area (Å²) in [5.74, 6) is -0.743. The fraction of sp³-hybridized carbons (Fsp3) is 0.500. The predicted octanol–water partition coefficient (Wildman–Crippen LogP) is -0.422. The molecule has 0 aliphatic heterocycles. The molecule has 16 heavy (non-hydrogen) atoms. The highest BCUT2D eigenvalue weighted by Gasteiger charge is 2.10. The van der Waals surface area contributed by atoms with Gasteiger partial charge in [0.25, 0.3) is 0 Å². The largest absolute Gasteiger partial charge is 0.339 e.